The standard InChI is InChI=1S/C17H38NO.ClH/c1-5-9-10-11-12-13-14-15-16-19-17-18(6-2,7-3)8-4;/h5-17H2,1-4H3;1H/q+1;/p-1. The zero-order valence-electron chi connectivity index (χ0n) is 14.4. The molecule has 20 heavy (non-hydrogen) atoms. The molecule has 124 valence electrons. The molecular formula is C17H38ClNO. The molecule has 0 aliphatic heterocycles. The molecule has 0 spiro atoms. The largest absolute Gasteiger partial charge is 1.00 e. The van der Waals surface area contributed by atoms with Gasteiger partial charge in [-0.1, -0.05) is 51.9 Å². The van der Waals surface area contributed by atoms with Gasteiger partial charge in [0.1, 0.15) is 0 Å². The SMILES string of the molecule is CCCCCCCCCCOC[N+](CC)(CC)CC.[Cl-]. The van der Waals surface area contributed by atoms with Gasteiger partial charge in [-0.05, 0) is 27.2 Å². The van der Waals surface area contributed by atoms with Crippen LogP contribution < -0.4 is 12.4 Å². The minimum Gasteiger partial charge on any atom is -1.00 e. The Morgan fingerprint density at radius 2 is 1.10 bits per heavy atom. The van der Waals surface area contributed by atoms with E-state index in [0.717, 1.165) is 17.8 Å². The predicted molar refractivity (Wildman–Crippen MR) is 85.3 cm³/mol. The lowest BCUT2D eigenvalue weighted by Crippen LogP contribution is -3.00. The van der Waals surface area contributed by atoms with Crippen LogP contribution in [0.1, 0.15) is 79.1 Å². The Morgan fingerprint density at radius 1 is 0.650 bits per heavy atom. The highest BCUT2D eigenvalue weighted by atomic mass is 35.5. The number of unbranched alkanes of at least 4 members (excludes halogenated alkanes) is 7. The van der Waals surface area contributed by atoms with Crippen molar-refractivity contribution in [3.63, 3.8) is 0 Å². The minimum atomic E-state index is 0. The summed E-state index contributed by atoms with van der Waals surface area (Å²) in [5.41, 5.74) is 0. The summed E-state index contributed by atoms with van der Waals surface area (Å²) in [7, 11) is 0. The van der Waals surface area contributed by atoms with Crippen molar-refractivity contribution < 1.29 is 21.6 Å². The molecule has 3 heteroatoms. The molecule has 0 aliphatic carbocycles. The Hall–Kier alpha value is 0.210. The third kappa shape index (κ3) is 10.9. The van der Waals surface area contributed by atoms with E-state index in [0.29, 0.717) is 0 Å². The van der Waals surface area contributed by atoms with Gasteiger partial charge in [0.05, 0.1) is 26.2 Å². The van der Waals surface area contributed by atoms with Gasteiger partial charge in [0.25, 0.3) is 0 Å². The van der Waals surface area contributed by atoms with Crippen molar-refractivity contribution in [3.8, 4) is 0 Å². The lowest BCUT2D eigenvalue weighted by molar-refractivity contribution is -0.941. The molecule has 0 rings (SSSR count). The second-order valence-electron chi connectivity index (χ2n) is 5.80. The van der Waals surface area contributed by atoms with Gasteiger partial charge in [-0.15, -0.1) is 0 Å². The fourth-order valence-corrected chi connectivity index (χ4v) is 2.54. The van der Waals surface area contributed by atoms with Crippen LogP contribution in [0.25, 0.3) is 0 Å². The first kappa shape index (κ1) is 22.5. The van der Waals surface area contributed by atoms with Gasteiger partial charge < -0.3 is 21.6 Å². The Balaban J connectivity index is 0. The van der Waals surface area contributed by atoms with Crippen molar-refractivity contribution in [1.29, 1.82) is 0 Å². The molecule has 0 radical (unpaired) electrons. The van der Waals surface area contributed by atoms with E-state index in [4.69, 9.17) is 4.74 Å². The predicted octanol–water partition coefficient (Wildman–Crippen LogP) is 1.98. The van der Waals surface area contributed by atoms with Gasteiger partial charge >= 0.3 is 0 Å². The lowest BCUT2D eigenvalue weighted by atomic mass is 10.1. The average molecular weight is 308 g/mol. The van der Waals surface area contributed by atoms with Gasteiger partial charge in [0, 0.05) is 0 Å². The van der Waals surface area contributed by atoms with E-state index >= 15 is 0 Å². The smallest absolute Gasteiger partial charge is 0.183 e. The second kappa shape index (κ2) is 15.6. The summed E-state index contributed by atoms with van der Waals surface area (Å²) in [6, 6.07) is 0. The molecule has 0 saturated carbocycles. The zero-order chi connectivity index (χ0) is 14.4. The molecule has 0 unspecified atom stereocenters. The fourth-order valence-electron chi connectivity index (χ4n) is 2.54. The van der Waals surface area contributed by atoms with Crippen molar-refractivity contribution in [2.24, 2.45) is 0 Å². The summed E-state index contributed by atoms with van der Waals surface area (Å²) in [6.07, 6.45) is 11.0. The van der Waals surface area contributed by atoms with Gasteiger partial charge in [-0.2, -0.15) is 0 Å². The maximum Gasteiger partial charge on any atom is 0.183 e. The fraction of sp³-hybridized carbons (Fsp3) is 1.00. The summed E-state index contributed by atoms with van der Waals surface area (Å²) < 4.78 is 7.00. The molecule has 0 fully saturated rings. The van der Waals surface area contributed by atoms with Crippen LogP contribution in [-0.2, 0) is 4.74 Å². The topological polar surface area (TPSA) is 9.23 Å². The lowest BCUT2D eigenvalue weighted by Gasteiger charge is -2.35. The molecule has 2 nitrogen and oxygen atoms in total. The number of hydrogen-bond donors (Lipinski definition) is 0. The highest BCUT2D eigenvalue weighted by Crippen LogP contribution is 2.09. The van der Waals surface area contributed by atoms with E-state index in [-0.39, 0.29) is 12.4 Å². The van der Waals surface area contributed by atoms with Crippen LogP contribution in [0.4, 0.5) is 0 Å². The van der Waals surface area contributed by atoms with Crippen LogP contribution in [0, 0.1) is 0 Å². The van der Waals surface area contributed by atoms with Crippen LogP contribution >= 0.6 is 0 Å². The first-order valence-electron chi connectivity index (χ1n) is 8.67. The van der Waals surface area contributed by atoms with Gasteiger partial charge in [0.15, 0.2) is 6.73 Å². The molecule has 0 atom stereocenters. The Kier molecular flexibility index (Phi) is 17.5. The Morgan fingerprint density at radius 3 is 1.55 bits per heavy atom. The third-order valence-corrected chi connectivity index (χ3v) is 4.52. The molecule has 0 bridgehead atoms. The van der Waals surface area contributed by atoms with Crippen LogP contribution in [0.2, 0.25) is 0 Å². The Labute approximate surface area is 134 Å². The van der Waals surface area contributed by atoms with E-state index in [1.165, 1.54) is 71.0 Å². The summed E-state index contributed by atoms with van der Waals surface area (Å²) in [6.45, 7) is 14.5. The second-order valence-corrected chi connectivity index (χ2v) is 5.80. The molecule has 0 aliphatic rings. The van der Waals surface area contributed by atoms with Crippen LogP contribution in [0.15, 0.2) is 0 Å². The number of nitrogens with zero attached hydrogens (tertiary/aromatic N) is 1. The Bertz CT molecular complexity index is 176. The number of hydrogen-bond acceptors (Lipinski definition) is 1. The van der Waals surface area contributed by atoms with Crippen molar-refractivity contribution in [2.45, 2.75) is 79.1 Å². The van der Waals surface area contributed by atoms with Crippen molar-refractivity contribution >= 4 is 0 Å². The molecular weight excluding hydrogens is 270 g/mol. The van der Waals surface area contributed by atoms with E-state index in [2.05, 4.69) is 27.7 Å². The molecule has 0 N–H and O–H groups in total. The quantitative estimate of drug-likeness (QED) is 0.271. The molecule has 0 aromatic rings. The van der Waals surface area contributed by atoms with Crippen molar-refractivity contribution in [2.75, 3.05) is 33.0 Å². The van der Waals surface area contributed by atoms with Gasteiger partial charge in [-0.3, -0.25) is 0 Å². The molecule has 0 aromatic carbocycles. The normalized spacial score (nSPS) is 11.4. The van der Waals surface area contributed by atoms with E-state index in [9.17, 15) is 0 Å². The summed E-state index contributed by atoms with van der Waals surface area (Å²) in [4.78, 5) is 0. The molecule has 0 amide bonds. The third-order valence-electron chi connectivity index (χ3n) is 4.52. The number of quaternary nitrogens is 1. The average Bonchev–Trinajstić information content (AvgIpc) is 2.46. The number of ether oxygens (including phenoxy) is 1. The van der Waals surface area contributed by atoms with Crippen LogP contribution in [0.5, 0.6) is 0 Å². The first-order chi connectivity index (χ1) is 9.24. The van der Waals surface area contributed by atoms with Gasteiger partial charge in [-0.25, -0.2) is 0 Å². The maximum atomic E-state index is 5.89. The minimum absolute atomic E-state index is 0. The van der Waals surface area contributed by atoms with Crippen molar-refractivity contribution in [1.82, 2.24) is 0 Å². The van der Waals surface area contributed by atoms with E-state index < -0.39 is 0 Å². The molecule has 0 aromatic heterocycles. The molecule has 0 saturated heterocycles. The number of halogens is 1. The van der Waals surface area contributed by atoms with Gasteiger partial charge in [0.2, 0.25) is 0 Å². The van der Waals surface area contributed by atoms with Crippen LogP contribution in [-0.4, -0.2) is 37.5 Å². The highest BCUT2D eigenvalue weighted by Gasteiger charge is 2.20. The summed E-state index contributed by atoms with van der Waals surface area (Å²) in [5, 5.41) is 0. The van der Waals surface area contributed by atoms with Crippen LogP contribution in [0.3, 0.4) is 0 Å². The van der Waals surface area contributed by atoms with Crippen molar-refractivity contribution in [3.05, 3.63) is 0 Å². The zero-order valence-corrected chi connectivity index (χ0v) is 15.2. The summed E-state index contributed by atoms with van der Waals surface area (Å²) >= 11 is 0. The van der Waals surface area contributed by atoms with E-state index in [1.807, 2.05) is 0 Å². The first-order valence-corrected chi connectivity index (χ1v) is 8.67. The number of rotatable bonds is 14. The van der Waals surface area contributed by atoms with E-state index in [1.54, 1.807) is 0 Å². The summed E-state index contributed by atoms with van der Waals surface area (Å²) in [5.74, 6) is 0. The monoisotopic (exact) mass is 307 g/mol. The maximum absolute atomic E-state index is 5.89. The highest BCUT2D eigenvalue weighted by molar-refractivity contribution is 4.45. The molecule has 0 heterocycles.